The third-order valence-corrected chi connectivity index (χ3v) is 9.72. The van der Waals surface area contributed by atoms with Gasteiger partial charge in [-0.3, -0.25) is 4.98 Å². The molecule has 0 saturated carbocycles. The number of nitrogens with zero attached hydrogens (tertiary/aromatic N) is 3. The number of hydrogen-bond donors (Lipinski definition) is 0. The lowest BCUT2D eigenvalue weighted by Gasteiger charge is -2.19. The van der Waals surface area contributed by atoms with Gasteiger partial charge in [0.2, 0.25) is 5.52 Å². The number of pyridine rings is 1. The fraction of sp³-hybridized carbons (Fsp3) is 0.351. The van der Waals surface area contributed by atoms with Crippen LogP contribution in [0.15, 0.2) is 54.6 Å². The van der Waals surface area contributed by atoms with Crippen molar-refractivity contribution in [3.05, 3.63) is 88.2 Å². The Bertz CT molecular complexity index is 1990. The molecule has 0 radical (unpaired) electrons. The summed E-state index contributed by atoms with van der Waals surface area (Å²) >= 11 is 1.83. The van der Waals surface area contributed by atoms with Crippen molar-refractivity contribution in [2.75, 3.05) is 0 Å². The fourth-order valence-corrected chi connectivity index (χ4v) is 7.69. The van der Waals surface area contributed by atoms with E-state index >= 15 is 0 Å². The minimum absolute atomic E-state index is 0.360. The lowest BCUT2D eigenvalue weighted by atomic mass is 9.92. The van der Waals surface area contributed by atoms with Crippen molar-refractivity contribution in [3.63, 3.8) is 0 Å². The van der Waals surface area contributed by atoms with Gasteiger partial charge in [-0.1, -0.05) is 77.9 Å². The monoisotopic (exact) mass is 561 g/mol. The Morgan fingerprint density at radius 3 is 2.17 bits per heavy atom. The predicted molar refractivity (Wildman–Crippen MR) is 177 cm³/mol. The lowest BCUT2D eigenvalue weighted by molar-refractivity contribution is -0.557. The predicted octanol–water partition coefficient (Wildman–Crippen LogP) is 10.2. The van der Waals surface area contributed by atoms with Gasteiger partial charge >= 0.3 is 0 Å². The maximum Gasteiger partial charge on any atom is 0.295 e. The zero-order valence-electron chi connectivity index (χ0n) is 27.1. The average Bonchev–Trinajstić information content (AvgIpc) is 3.42. The largest absolute Gasteiger partial charge is 0.295 e. The Kier molecular flexibility index (Phi) is 6.50. The molecule has 0 aliphatic rings. The molecule has 3 aromatic heterocycles. The van der Waals surface area contributed by atoms with Crippen molar-refractivity contribution in [3.8, 4) is 17.1 Å². The summed E-state index contributed by atoms with van der Waals surface area (Å²) in [5.41, 5.74) is 12.0. The number of fused-ring (bicyclic) bond motifs is 4. The van der Waals surface area contributed by atoms with Crippen LogP contribution in [0.25, 0.3) is 48.3 Å². The zero-order valence-corrected chi connectivity index (χ0v) is 26.9. The number of thiophene rings is 1. The van der Waals surface area contributed by atoms with E-state index in [1.165, 1.54) is 65.0 Å². The van der Waals surface area contributed by atoms with E-state index in [4.69, 9.17) is 6.35 Å². The van der Waals surface area contributed by atoms with Crippen LogP contribution in [0.5, 0.6) is 0 Å². The van der Waals surface area contributed by atoms with Gasteiger partial charge in [-0.05, 0) is 61.8 Å². The van der Waals surface area contributed by atoms with E-state index < -0.39 is 5.89 Å². The van der Waals surface area contributed by atoms with E-state index in [0.29, 0.717) is 11.8 Å². The third kappa shape index (κ3) is 4.30. The van der Waals surface area contributed by atoms with Gasteiger partial charge in [-0.25, -0.2) is 4.57 Å². The highest BCUT2D eigenvalue weighted by atomic mass is 32.1. The summed E-state index contributed by atoms with van der Waals surface area (Å²) in [5.74, 6) is 1.26. The molecule has 3 aromatic carbocycles. The number of imidazole rings is 1. The smallest absolute Gasteiger partial charge is 0.254 e. The molecular weight excluding hydrogens is 518 g/mol. The molecule has 4 heteroatoms. The number of hydrogen-bond acceptors (Lipinski definition) is 2. The number of aryl methyl sites for hydroxylation is 4. The first kappa shape index (κ1) is 26.4. The highest BCUT2D eigenvalue weighted by Crippen LogP contribution is 2.43. The summed E-state index contributed by atoms with van der Waals surface area (Å²) < 4.78 is 16.1. The Morgan fingerprint density at radius 2 is 1.54 bits per heavy atom. The van der Waals surface area contributed by atoms with Gasteiger partial charge in [0.05, 0.1) is 18.3 Å². The molecule has 3 heterocycles. The highest BCUT2D eigenvalue weighted by Gasteiger charge is 2.34. The summed E-state index contributed by atoms with van der Waals surface area (Å²) in [6, 6.07) is 20.2. The number of rotatable bonds is 5. The minimum Gasteiger partial charge on any atom is -0.254 e. The first-order valence-corrected chi connectivity index (χ1v) is 15.6. The van der Waals surface area contributed by atoms with Crippen molar-refractivity contribution in [1.29, 1.82) is 0 Å². The van der Waals surface area contributed by atoms with Crippen LogP contribution in [0, 0.1) is 20.8 Å². The van der Waals surface area contributed by atoms with Gasteiger partial charge in [-0.2, -0.15) is 4.57 Å². The van der Waals surface area contributed by atoms with E-state index in [0.717, 1.165) is 17.0 Å². The highest BCUT2D eigenvalue weighted by molar-refractivity contribution is 7.26. The van der Waals surface area contributed by atoms with Crippen LogP contribution in [-0.2, 0) is 7.05 Å². The normalized spacial score (nSPS) is 12.9. The molecule has 0 bridgehead atoms. The van der Waals surface area contributed by atoms with Crippen LogP contribution in [-0.4, -0.2) is 9.55 Å². The summed E-state index contributed by atoms with van der Waals surface area (Å²) in [4.78, 5) is 4.99. The molecule has 6 aromatic rings. The lowest BCUT2D eigenvalue weighted by Crippen LogP contribution is -2.37. The topological polar surface area (TPSA) is 21.7 Å². The summed E-state index contributed by atoms with van der Waals surface area (Å²) in [7, 11) is 2.22. The standard InChI is InChI=1S/C37H42N3S/c1-20(2)26-15-16-29-32(19-26)41-31-17-14-23(7)33(34(29)31)37-39(10)30-18-24(8)38-25(9)35(30)40(37)36-27(21(3)4)12-11-13-28(36)22(5)6/h11-22H,1-10H3/q+1/i20D. The molecule has 0 unspecified atom stereocenters. The van der Waals surface area contributed by atoms with E-state index in [-0.39, 0.29) is 0 Å². The second kappa shape index (κ2) is 10.1. The Labute approximate surface area is 249 Å². The number of para-hydroxylation sites is 1. The van der Waals surface area contributed by atoms with E-state index in [1.54, 1.807) is 0 Å². The van der Waals surface area contributed by atoms with Gasteiger partial charge in [0.1, 0.15) is 5.69 Å². The van der Waals surface area contributed by atoms with Gasteiger partial charge in [0.15, 0.2) is 5.52 Å². The molecule has 0 aliphatic heterocycles. The molecule has 0 fully saturated rings. The molecular formula is C37H42N3S+. The van der Waals surface area contributed by atoms with E-state index in [1.807, 2.05) is 25.2 Å². The van der Waals surface area contributed by atoms with Crippen molar-refractivity contribution in [1.82, 2.24) is 9.55 Å². The Morgan fingerprint density at radius 1 is 0.854 bits per heavy atom. The quantitative estimate of drug-likeness (QED) is 0.192. The molecule has 6 rings (SSSR count). The molecule has 0 atom stereocenters. The zero-order chi connectivity index (χ0) is 30.2. The van der Waals surface area contributed by atoms with Crippen LogP contribution in [0.3, 0.4) is 0 Å². The van der Waals surface area contributed by atoms with Crippen LogP contribution in [0.2, 0.25) is 0 Å². The van der Waals surface area contributed by atoms with Crippen molar-refractivity contribution in [2.45, 2.75) is 80.0 Å². The molecule has 0 spiro atoms. The van der Waals surface area contributed by atoms with Crippen LogP contribution in [0.4, 0.5) is 0 Å². The summed E-state index contributed by atoms with van der Waals surface area (Å²) in [6.45, 7) is 19.6. The molecule has 3 nitrogen and oxygen atoms in total. The number of aromatic nitrogens is 3. The van der Waals surface area contributed by atoms with Gasteiger partial charge in [-0.15, -0.1) is 11.3 Å². The second-order valence-corrected chi connectivity index (χ2v) is 13.6. The first-order chi connectivity index (χ1) is 19.8. The summed E-state index contributed by atoms with van der Waals surface area (Å²) in [6.07, 6.45) is 0. The molecule has 0 amide bonds. The molecule has 0 N–H and O–H groups in total. The second-order valence-electron chi connectivity index (χ2n) is 12.5. The average molecular weight is 562 g/mol. The molecule has 0 aliphatic carbocycles. The maximum atomic E-state index is 8.65. The SMILES string of the molecule is [2H]C(C)(C)c1ccc2c(c1)sc1ccc(C)c(-c3n(C)c4cc(C)nc(C)c4[n+]3-c3c(C(C)C)cccc3C(C)C)c12. The molecule has 41 heavy (non-hydrogen) atoms. The van der Waals surface area contributed by atoms with Crippen molar-refractivity contribution >= 4 is 42.5 Å². The van der Waals surface area contributed by atoms with Gasteiger partial charge in [0.25, 0.3) is 5.82 Å². The van der Waals surface area contributed by atoms with Crippen LogP contribution < -0.4 is 4.57 Å². The first-order valence-electron chi connectivity index (χ1n) is 15.3. The fourth-order valence-electron chi connectivity index (χ4n) is 6.54. The van der Waals surface area contributed by atoms with E-state index in [9.17, 15) is 0 Å². The van der Waals surface area contributed by atoms with Crippen LogP contribution in [0.1, 0.15) is 94.3 Å². The van der Waals surface area contributed by atoms with Crippen molar-refractivity contribution < 1.29 is 5.94 Å². The molecule has 0 saturated heterocycles. The Hall–Kier alpha value is -3.50. The molecule has 210 valence electrons. The van der Waals surface area contributed by atoms with E-state index in [2.05, 4.69) is 119 Å². The van der Waals surface area contributed by atoms with Crippen molar-refractivity contribution in [2.24, 2.45) is 7.05 Å². The van der Waals surface area contributed by atoms with Gasteiger partial charge < -0.3 is 0 Å². The van der Waals surface area contributed by atoms with Crippen LogP contribution >= 0.6 is 11.3 Å². The number of benzene rings is 3. The minimum atomic E-state index is -0.641. The Balaban J connectivity index is 1.85. The maximum absolute atomic E-state index is 8.65. The summed E-state index contributed by atoms with van der Waals surface area (Å²) in [5, 5.41) is 2.55. The van der Waals surface area contributed by atoms with Gasteiger partial charge in [0, 0.05) is 44.4 Å². The third-order valence-electron chi connectivity index (χ3n) is 8.60.